The van der Waals surface area contributed by atoms with Crippen molar-refractivity contribution in [3.05, 3.63) is 0 Å². The van der Waals surface area contributed by atoms with Gasteiger partial charge in [-0.15, -0.1) is 0 Å². The van der Waals surface area contributed by atoms with Crippen LogP contribution in [0.1, 0.15) is 20.3 Å². The molecule has 1 aliphatic heterocycles. The summed E-state index contributed by atoms with van der Waals surface area (Å²) in [6, 6.07) is 0.208. The molecule has 1 rings (SSSR count). The zero-order valence-corrected chi connectivity index (χ0v) is 5.23. The van der Waals surface area contributed by atoms with Gasteiger partial charge in [0.05, 0.1) is 0 Å². The average molecular weight is 110 g/mol. The quantitative estimate of drug-likeness (QED) is 0.519. The highest BCUT2D eigenvalue weighted by atomic mass is 15.0. The van der Waals surface area contributed by atoms with Crippen molar-refractivity contribution < 1.29 is 0 Å². The molecule has 0 fully saturated rings. The van der Waals surface area contributed by atoms with Gasteiger partial charge in [-0.3, -0.25) is 4.99 Å². The lowest BCUT2D eigenvalue weighted by Gasteiger charge is -1.90. The van der Waals surface area contributed by atoms with E-state index in [2.05, 4.69) is 4.99 Å². The second-order valence-electron chi connectivity index (χ2n) is 2.05. The molecule has 0 amide bonds. The predicted octanol–water partition coefficient (Wildman–Crippen LogP) is 1.26. The van der Waals surface area contributed by atoms with Gasteiger partial charge in [-0.05, 0) is 13.3 Å². The minimum Gasteiger partial charge on any atom is -0.307 e. The summed E-state index contributed by atoms with van der Waals surface area (Å²) in [5.41, 5.74) is 1.87. The van der Waals surface area contributed by atoms with E-state index in [1.165, 1.54) is 0 Å². The normalized spacial score (nSPS) is 24.8. The van der Waals surface area contributed by atoms with E-state index in [0.29, 0.717) is 0 Å². The summed E-state index contributed by atoms with van der Waals surface area (Å²) in [5, 5.41) is 7.27. The van der Waals surface area contributed by atoms with E-state index in [1.54, 1.807) is 0 Å². The summed E-state index contributed by atoms with van der Waals surface area (Å²) in [6.07, 6.45) is 0.839. The lowest BCUT2D eigenvalue weighted by molar-refractivity contribution is 1.15. The van der Waals surface area contributed by atoms with Crippen molar-refractivity contribution in [3.8, 4) is 0 Å². The molecule has 2 nitrogen and oxygen atoms in total. The Kier molecular flexibility index (Phi) is 1.16. The molecule has 1 heterocycles. The molecule has 8 heavy (non-hydrogen) atoms. The van der Waals surface area contributed by atoms with Crippen LogP contribution in [0, 0.1) is 5.41 Å². The van der Waals surface area contributed by atoms with Crippen molar-refractivity contribution in [2.45, 2.75) is 26.3 Å². The van der Waals surface area contributed by atoms with Crippen molar-refractivity contribution >= 4 is 11.4 Å². The molecule has 0 bridgehead atoms. The lowest BCUT2D eigenvalue weighted by atomic mass is 10.2. The van der Waals surface area contributed by atoms with E-state index < -0.39 is 0 Å². The Labute approximate surface area is 49.1 Å². The molecule has 0 saturated heterocycles. The highest BCUT2D eigenvalue weighted by Gasteiger charge is 2.25. The number of hydrogen-bond donors (Lipinski definition) is 1. The number of nitrogens with one attached hydrogen (secondary N) is 1. The van der Waals surface area contributed by atoms with Crippen LogP contribution in [0.25, 0.3) is 0 Å². The molecule has 0 aliphatic carbocycles. The van der Waals surface area contributed by atoms with Crippen molar-refractivity contribution in [3.63, 3.8) is 0 Å². The number of nitrogens with zero attached hydrogens (tertiary/aromatic N) is 1. The first-order chi connectivity index (χ1) is 3.75. The van der Waals surface area contributed by atoms with Crippen LogP contribution in [0.2, 0.25) is 0 Å². The molecule has 0 aromatic rings. The Morgan fingerprint density at radius 1 is 1.88 bits per heavy atom. The number of aliphatic imine (C=N–C) groups is 1. The standard InChI is InChI=1S/C6H10N2/c1-3-5(7)6-4(2)8-6/h6-7H,3H2,1-2H3. The van der Waals surface area contributed by atoms with Gasteiger partial charge in [0.25, 0.3) is 0 Å². The van der Waals surface area contributed by atoms with Crippen molar-refractivity contribution in [2.24, 2.45) is 4.99 Å². The summed E-state index contributed by atoms with van der Waals surface area (Å²) in [7, 11) is 0. The SMILES string of the molecule is CCC(=N)C1N=C1C. The Morgan fingerprint density at radius 3 is 2.50 bits per heavy atom. The van der Waals surface area contributed by atoms with Crippen LogP contribution in [0.3, 0.4) is 0 Å². The first kappa shape index (κ1) is 5.48. The third kappa shape index (κ3) is 0.782. The zero-order valence-electron chi connectivity index (χ0n) is 5.23. The second-order valence-corrected chi connectivity index (χ2v) is 2.05. The van der Waals surface area contributed by atoms with E-state index in [4.69, 9.17) is 5.41 Å². The minimum atomic E-state index is 0.208. The average Bonchev–Trinajstić information content (AvgIpc) is 2.45. The maximum absolute atomic E-state index is 7.27. The first-order valence-corrected chi connectivity index (χ1v) is 2.87. The smallest absolute Gasteiger partial charge is 0.125 e. The lowest BCUT2D eigenvalue weighted by Crippen LogP contribution is -2.07. The molecule has 1 atom stereocenters. The Bertz CT molecular complexity index is 147. The molecule has 0 saturated carbocycles. The van der Waals surface area contributed by atoms with Gasteiger partial charge < -0.3 is 5.41 Å². The maximum atomic E-state index is 7.27. The molecule has 1 aliphatic rings. The Morgan fingerprint density at radius 2 is 2.38 bits per heavy atom. The second kappa shape index (κ2) is 1.69. The van der Waals surface area contributed by atoms with E-state index in [0.717, 1.165) is 17.8 Å². The van der Waals surface area contributed by atoms with Crippen molar-refractivity contribution in [2.75, 3.05) is 0 Å². The number of hydrogen-bond acceptors (Lipinski definition) is 2. The molecule has 2 heteroatoms. The van der Waals surface area contributed by atoms with Gasteiger partial charge in [-0.1, -0.05) is 6.92 Å². The fourth-order valence-electron chi connectivity index (χ4n) is 0.690. The molecule has 1 N–H and O–H groups in total. The van der Waals surface area contributed by atoms with Gasteiger partial charge in [0.15, 0.2) is 0 Å². The Hall–Kier alpha value is -0.660. The van der Waals surface area contributed by atoms with E-state index in [9.17, 15) is 0 Å². The molecular formula is C6H10N2. The topological polar surface area (TPSA) is 36.2 Å². The van der Waals surface area contributed by atoms with Crippen LogP contribution in [0.15, 0.2) is 4.99 Å². The Balaban J connectivity index is 2.32. The van der Waals surface area contributed by atoms with Crippen LogP contribution in [-0.4, -0.2) is 17.5 Å². The van der Waals surface area contributed by atoms with Crippen LogP contribution in [0.4, 0.5) is 0 Å². The van der Waals surface area contributed by atoms with Gasteiger partial charge in [0.2, 0.25) is 0 Å². The minimum absolute atomic E-state index is 0.208. The molecule has 0 aromatic carbocycles. The van der Waals surface area contributed by atoms with E-state index in [1.807, 2.05) is 13.8 Å². The van der Waals surface area contributed by atoms with Crippen molar-refractivity contribution in [1.29, 1.82) is 5.41 Å². The molecule has 0 spiro atoms. The summed E-state index contributed by atoms with van der Waals surface area (Å²) < 4.78 is 0. The summed E-state index contributed by atoms with van der Waals surface area (Å²) in [4.78, 5) is 4.02. The molecular weight excluding hydrogens is 100 g/mol. The van der Waals surface area contributed by atoms with Crippen LogP contribution < -0.4 is 0 Å². The monoisotopic (exact) mass is 110 g/mol. The van der Waals surface area contributed by atoms with Crippen molar-refractivity contribution in [1.82, 2.24) is 0 Å². The van der Waals surface area contributed by atoms with Gasteiger partial charge in [-0.25, -0.2) is 0 Å². The van der Waals surface area contributed by atoms with Crippen LogP contribution in [-0.2, 0) is 0 Å². The largest absolute Gasteiger partial charge is 0.307 e. The van der Waals surface area contributed by atoms with Crippen LogP contribution >= 0.6 is 0 Å². The summed E-state index contributed by atoms with van der Waals surface area (Å²) in [6.45, 7) is 3.96. The van der Waals surface area contributed by atoms with Gasteiger partial charge in [-0.2, -0.15) is 0 Å². The first-order valence-electron chi connectivity index (χ1n) is 2.87. The molecule has 44 valence electrons. The van der Waals surface area contributed by atoms with Crippen LogP contribution in [0.5, 0.6) is 0 Å². The molecule has 0 aromatic heterocycles. The summed E-state index contributed by atoms with van der Waals surface area (Å²) in [5.74, 6) is 0. The van der Waals surface area contributed by atoms with Gasteiger partial charge in [0, 0.05) is 11.4 Å². The fourth-order valence-corrected chi connectivity index (χ4v) is 0.690. The zero-order chi connectivity index (χ0) is 6.15. The predicted molar refractivity (Wildman–Crippen MR) is 34.9 cm³/mol. The number of rotatable bonds is 2. The summed E-state index contributed by atoms with van der Waals surface area (Å²) >= 11 is 0. The maximum Gasteiger partial charge on any atom is 0.125 e. The third-order valence-electron chi connectivity index (χ3n) is 1.37. The van der Waals surface area contributed by atoms with E-state index >= 15 is 0 Å². The van der Waals surface area contributed by atoms with E-state index in [-0.39, 0.29) is 6.04 Å². The molecule has 0 radical (unpaired) electrons. The third-order valence-corrected chi connectivity index (χ3v) is 1.37. The van der Waals surface area contributed by atoms with Gasteiger partial charge in [0.1, 0.15) is 6.04 Å². The fraction of sp³-hybridized carbons (Fsp3) is 0.667. The van der Waals surface area contributed by atoms with Gasteiger partial charge >= 0.3 is 0 Å². The highest BCUT2D eigenvalue weighted by molar-refractivity contribution is 6.18. The highest BCUT2D eigenvalue weighted by Crippen LogP contribution is 2.13. The molecule has 1 unspecified atom stereocenters.